The van der Waals surface area contributed by atoms with Gasteiger partial charge in [-0.15, -0.1) is 0 Å². The Balaban J connectivity index is 2.03. The Kier molecular flexibility index (Phi) is 6.94. The molecule has 3 rings (SSSR count). The molecule has 0 N–H and O–H groups in total. The van der Waals surface area contributed by atoms with Crippen LogP contribution in [0.3, 0.4) is 0 Å². The number of hydrogen-bond donors (Lipinski definition) is 0. The van der Waals surface area contributed by atoms with Gasteiger partial charge in [0.05, 0.1) is 0 Å². The number of Topliss-reactive ketones (excluding diaryl/α,β-unsaturated/α-hetero) is 1. The Hall–Kier alpha value is -2.37. The summed E-state index contributed by atoms with van der Waals surface area (Å²) in [5, 5.41) is 1.16. The maximum Gasteiger partial charge on any atom is 0.796 e. The van der Waals surface area contributed by atoms with Gasteiger partial charge >= 0.3 is 7.47 Å². The topological polar surface area (TPSA) is 26.3 Å². The van der Waals surface area contributed by atoms with Gasteiger partial charge in [0.1, 0.15) is 5.76 Å². The molecule has 1 aliphatic carbocycles. The second kappa shape index (κ2) is 9.42. The molecule has 1 aliphatic rings. The zero-order valence-electron chi connectivity index (χ0n) is 15.5. The summed E-state index contributed by atoms with van der Waals surface area (Å²) in [5.41, 5.74) is 2.66. The quantitative estimate of drug-likeness (QED) is 0.463. The standard InChI is InChI=1S/C22H17BCl2F2O2/c1-14(28)22-20(17-7-9-18(24)10-8-17)12-16(13-21(22)29-23(26)27)6-5-15-3-2-4-19(25)11-15/h2-11,13,20H,12H2,1H3/b6-5-/t20-/m0/s1. The van der Waals surface area contributed by atoms with Crippen LogP contribution in [0.15, 0.2) is 77.6 Å². The van der Waals surface area contributed by atoms with Gasteiger partial charge in [-0.05, 0) is 60.4 Å². The van der Waals surface area contributed by atoms with Crippen molar-refractivity contribution in [1.82, 2.24) is 0 Å². The number of carbonyl (C=O) groups is 1. The van der Waals surface area contributed by atoms with E-state index in [-0.39, 0.29) is 17.1 Å². The first-order chi connectivity index (χ1) is 13.8. The summed E-state index contributed by atoms with van der Waals surface area (Å²) in [6, 6.07) is 14.3. The van der Waals surface area contributed by atoms with E-state index >= 15 is 0 Å². The van der Waals surface area contributed by atoms with E-state index in [1.54, 1.807) is 36.4 Å². The van der Waals surface area contributed by atoms with Gasteiger partial charge in [-0.3, -0.25) is 4.79 Å². The predicted molar refractivity (Wildman–Crippen MR) is 114 cm³/mol. The lowest BCUT2D eigenvalue weighted by atomic mass is 9.79. The highest BCUT2D eigenvalue weighted by Gasteiger charge is 2.31. The summed E-state index contributed by atoms with van der Waals surface area (Å²) >= 11 is 12.0. The Bertz CT molecular complexity index is 998. The average Bonchev–Trinajstić information content (AvgIpc) is 2.66. The zero-order chi connectivity index (χ0) is 21.0. The van der Waals surface area contributed by atoms with Gasteiger partial charge in [0, 0.05) is 21.5 Å². The SMILES string of the molecule is CC(=O)C1=C(OB(F)F)C=C(/C=C\c2cccc(Cl)c2)C[C@H]1c1ccc(Cl)cc1. The number of halogens is 4. The van der Waals surface area contributed by atoms with Gasteiger partial charge in [-0.1, -0.05) is 59.6 Å². The first-order valence-corrected chi connectivity index (χ1v) is 9.68. The molecule has 0 unspecified atom stereocenters. The predicted octanol–water partition coefficient (Wildman–Crippen LogP) is 6.90. The summed E-state index contributed by atoms with van der Waals surface area (Å²) in [6.07, 6.45) is 5.62. The van der Waals surface area contributed by atoms with Crippen LogP contribution in [0.25, 0.3) is 6.08 Å². The van der Waals surface area contributed by atoms with Crippen LogP contribution >= 0.6 is 23.2 Å². The smallest absolute Gasteiger partial charge is 0.505 e. The summed E-state index contributed by atoms with van der Waals surface area (Å²) in [4.78, 5) is 12.3. The molecule has 0 radical (unpaired) electrons. The Morgan fingerprint density at radius 3 is 2.45 bits per heavy atom. The molecule has 0 amide bonds. The van der Waals surface area contributed by atoms with Crippen molar-refractivity contribution in [2.24, 2.45) is 0 Å². The van der Waals surface area contributed by atoms with E-state index in [9.17, 15) is 13.4 Å². The van der Waals surface area contributed by atoms with Crippen LogP contribution in [0.2, 0.25) is 10.0 Å². The third kappa shape index (κ3) is 5.59. The van der Waals surface area contributed by atoms with E-state index < -0.39 is 13.4 Å². The Morgan fingerprint density at radius 1 is 1.10 bits per heavy atom. The minimum Gasteiger partial charge on any atom is -0.505 e. The lowest BCUT2D eigenvalue weighted by molar-refractivity contribution is -0.114. The summed E-state index contributed by atoms with van der Waals surface area (Å²) in [6.45, 7) is 1.35. The van der Waals surface area contributed by atoms with Crippen LogP contribution in [0.4, 0.5) is 8.63 Å². The number of ketones is 1. The molecule has 2 nitrogen and oxygen atoms in total. The van der Waals surface area contributed by atoms with Gasteiger partial charge in [-0.25, -0.2) is 8.63 Å². The van der Waals surface area contributed by atoms with Gasteiger partial charge in [-0.2, -0.15) is 0 Å². The zero-order valence-corrected chi connectivity index (χ0v) is 17.1. The van der Waals surface area contributed by atoms with Crippen LogP contribution in [-0.2, 0) is 9.45 Å². The summed E-state index contributed by atoms with van der Waals surface area (Å²) < 4.78 is 30.7. The van der Waals surface area contributed by atoms with Crippen molar-refractivity contribution in [1.29, 1.82) is 0 Å². The maximum atomic E-state index is 13.0. The molecule has 2 aromatic rings. The monoisotopic (exact) mass is 432 g/mol. The fourth-order valence-electron chi connectivity index (χ4n) is 3.34. The molecule has 2 aromatic carbocycles. The van der Waals surface area contributed by atoms with Crippen molar-refractivity contribution in [2.45, 2.75) is 19.3 Å². The van der Waals surface area contributed by atoms with E-state index in [4.69, 9.17) is 27.9 Å². The first-order valence-electron chi connectivity index (χ1n) is 8.93. The van der Waals surface area contributed by atoms with E-state index in [1.807, 2.05) is 24.3 Å². The minimum atomic E-state index is -3.03. The van der Waals surface area contributed by atoms with Crippen molar-refractivity contribution in [3.05, 3.63) is 98.8 Å². The number of hydrogen-bond acceptors (Lipinski definition) is 2. The van der Waals surface area contributed by atoms with Crippen LogP contribution in [0.1, 0.15) is 30.4 Å². The molecule has 7 heteroatoms. The molecular weight excluding hydrogens is 416 g/mol. The summed E-state index contributed by atoms with van der Waals surface area (Å²) in [5.74, 6) is -0.832. The highest BCUT2D eigenvalue weighted by Crippen LogP contribution is 2.39. The van der Waals surface area contributed by atoms with Crippen molar-refractivity contribution >= 4 is 42.5 Å². The van der Waals surface area contributed by atoms with Crippen molar-refractivity contribution in [3.63, 3.8) is 0 Å². The number of benzene rings is 2. The first kappa shape index (κ1) is 21.3. The maximum absolute atomic E-state index is 13.0. The molecule has 0 aromatic heterocycles. The number of rotatable bonds is 6. The van der Waals surface area contributed by atoms with Crippen molar-refractivity contribution < 1.29 is 18.1 Å². The van der Waals surface area contributed by atoms with Gasteiger partial charge in [0.2, 0.25) is 0 Å². The Morgan fingerprint density at radius 2 is 1.83 bits per heavy atom. The molecule has 29 heavy (non-hydrogen) atoms. The molecule has 0 spiro atoms. The van der Waals surface area contributed by atoms with Crippen LogP contribution in [-0.4, -0.2) is 13.3 Å². The molecule has 148 valence electrons. The average molecular weight is 433 g/mol. The molecule has 1 atom stereocenters. The third-order valence-corrected chi connectivity index (χ3v) is 5.06. The van der Waals surface area contributed by atoms with Gasteiger partial charge in [0.25, 0.3) is 0 Å². The minimum absolute atomic E-state index is 0.107. The van der Waals surface area contributed by atoms with Crippen molar-refractivity contribution in [3.8, 4) is 0 Å². The van der Waals surface area contributed by atoms with Gasteiger partial charge in [0.15, 0.2) is 5.78 Å². The molecule has 0 saturated carbocycles. The van der Waals surface area contributed by atoms with Gasteiger partial charge < -0.3 is 4.65 Å². The normalized spacial score (nSPS) is 16.7. The lowest BCUT2D eigenvalue weighted by Gasteiger charge is -2.26. The van der Waals surface area contributed by atoms with Crippen LogP contribution in [0, 0.1) is 0 Å². The summed E-state index contributed by atoms with van der Waals surface area (Å²) in [7, 11) is -3.03. The lowest BCUT2D eigenvalue weighted by Crippen LogP contribution is -2.19. The van der Waals surface area contributed by atoms with E-state index in [2.05, 4.69) is 0 Å². The number of carbonyl (C=O) groups excluding carboxylic acids is 1. The molecule has 0 saturated heterocycles. The van der Waals surface area contributed by atoms with Crippen LogP contribution in [0.5, 0.6) is 0 Å². The molecule has 0 fully saturated rings. The highest BCUT2D eigenvalue weighted by atomic mass is 35.5. The fraction of sp³-hybridized carbons (Fsp3) is 0.136. The highest BCUT2D eigenvalue weighted by molar-refractivity contribution is 6.35. The largest absolute Gasteiger partial charge is 0.796 e. The molecule has 0 heterocycles. The Labute approximate surface area is 178 Å². The molecule has 0 bridgehead atoms. The van der Waals surface area contributed by atoms with Crippen molar-refractivity contribution in [2.75, 3.05) is 0 Å². The second-order valence-electron chi connectivity index (χ2n) is 6.63. The van der Waals surface area contributed by atoms with E-state index in [0.29, 0.717) is 16.5 Å². The van der Waals surface area contributed by atoms with E-state index in [1.165, 1.54) is 13.0 Å². The van der Waals surface area contributed by atoms with Crippen LogP contribution < -0.4 is 0 Å². The molecular formula is C22H17BCl2F2O2. The fourth-order valence-corrected chi connectivity index (χ4v) is 3.66. The third-order valence-electron chi connectivity index (χ3n) is 4.58. The van der Waals surface area contributed by atoms with E-state index in [0.717, 1.165) is 16.7 Å². The molecule has 0 aliphatic heterocycles. The number of allylic oxidation sites excluding steroid dienone is 4. The second-order valence-corrected chi connectivity index (χ2v) is 7.50.